The molecule has 0 aromatic heterocycles. The van der Waals surface area contributed by atoms with Gasteiger partial charge in [-0.3, -0.25) is 0 Å². The summed E-state index contributed by atoms with van der Waals surface area (Å²) in [5.41, 5.74) is 0. The molecule has 6 heteroatoms. The van der Waals surface area contributed by atoms with Gasteiger partial charge in [-0.25, -0.2) is 0 Å². The van der Waals surface area contributed by atoms with Gasteiger partial charge in [-0.1, -0.05) is 0 Å². The first kappa shape index (κ1) is 30.1. The van der Waals surface area contributed by atoms with Crippen LogP contribution in [-0.4, -0.2) is 6.16 Å². The van der Waals surface area contributed by atoms with Gasteiger partial charge in [0.1, 0.15) is 0 Å². The van der Waals surface area contributed by atoms with E-state index in [9.17, 15) is 0 Å². The van der Waals surface area contributed by atoms with E-state index in [2.05, 4.69) is 0 Å². The molecule has 0 aromatic carbocycles. The molecule has 0 fully saturated rings. The summed E-state index contributed by atoms with van der Waals surface area (Å²) in [5.74, 6) is 0. The third-order valence-corrected chi connectivity index (χ3v) is 0. The number of carbonyl (C=O) groups excluding carboxylic acids is 1. The second-order valence-corrected chi connectivity index (χ2v) is 0.250. The Balaban J connectivity index is -0.0000000150. The van der Waals surface area contributed by atoms with Crippen LogP contribution in [-0.2, 0) is 0 Å². The van der Waals surface area contributed by atoms with Crippen LogP contribution in [0.15, 0.2) is 0 Å². The lowest BCUT2D eigenvalue weighted by atomic mass is 11.5. The van der Waals surface area contributed by atoms with Gasteiger partial charge in [-0.2, -0.15) is 0 Å². The number of hydrogen-bond acceptors (Lipinski definition) is 3. The number of carbonyl (C=O) groups is 1. The lowest BCUT2D eigenvalue weighted by molar-refractivity contribution is -0.415. The molecule has 0 aromatic rings. The van der Waals surface area contributed by atoms with Gasteiger partial charge in [0.2, 0.25) is 0 Å². The molecule has 0 saturated carbocycles. The predicted molar refractivity (Wildman–Crippen MR) is 17.4 cm³/mol. The Kier molecular flexibility index (Phi) is 74.5. The van der Waals surface area contributed by atoms with Crippen molar-refractivity contribution in [3.05, 3.63) is 0 Å². The Labute approximate surface area is 51.3 Å². The summed E-state index contributed by atoms with van der Waals surface area (Å²) in [6.45, 7) is 0. The van der Waals surface area contributed by atoms with Crippen LogP contribution in [0.1, 0.15) is 0 Å². The Hall–Kier alpha value is -0.330. The van der Waals surface area contributed by atoms with E-state index in [-0.39, 0.29) is 29.3 Å². The summed E-state index contributed by atoms with van der Waals surface area (Å²) < 4.78 is 0. The fourth-order valence-corrected chi connectivity index (χ4v) is 0. The first-order valence-corrected chi connectivity index (χ1v) is 0.612. The molecule has 0 heterocycles. The average molecular weight is 176 g/mol. The van der Waals surface area contributed by atoms with E-state index in [1.807, 2.05) is 0 Å². The number of quaternary nitrogens is 2. The van der Waals surface area contributed by atoms with Gasteiger partial charge in [0.15, 0.2) is 0 Å². The van der Waals surface area contributed by atoms with Gasteiger partial charge >= 0.3 is 0 Å². The third-order valence-electron chi connectivity index (χ3n) is 0. The zero-order valence-electron chi connectivity index (χ0n) is 4.10. The number of rotatable bonds is 0. The second-order valence-electron chi connectivity index (χ2n) is 0.250. The zero-order chi connectivity index (χ0) is 3.58. The van der Waals surface area contributed by atoms with Gasteiger partial charge in [-0.05, 0) is 6.16 Å². The summed E-state index contributed by atoms with van der Waals surface area (Å²) in [6, 6.07) is 0. The van der Waals surface area contributed by atoms with Crippen molar-refractivity contribution < 1.29 is 32.0 Å². The van der Waals surface area contributed by atoms with Crippen LogP contribution in [0.2, 0.25) is 0 Å². The standard InChI is InChI=1S/CH2O3.BrH.2H3N/c2-1(3)4;;;/h(H2,2,3,4);1H;2*1H3/p-1. The minimum absolute atomic E-state index is 0. The van der Waals surface area contributed by atoms with E-state index in [4.69, 9.17) is 15.0 Å². The van der Waals surface area contributed by atoms with Crippen molar-refractivity contribution in [2.75, 3.05) is 0 Å². The summed E-state index contributed by atoms with van der Waals surface area (Å²) in [6.07, 6.45) is -2.33. The van der Waals surface area contributed by atoms with Crippen molar-refractivity contribution in [3.8, 4) is 0 Å². The van der Waals surface area contributed by atoms with Crippen molar-refractivity contribution in [2.24, 2.45) is 0 Å². The molecule has 48 valence electrons. The van der Waals surface area contributed by atoms with Crippen LogP contribution in [0.25, 0.3) is 0 Å². The molecule has 0 atom stereocenters. The van der Waals surface area contributed by atoms with Crippen molar-refractivity contribution in [1.29, 1.82) is 0 Å². The van der Waals surface area contributed by atoms with Gasteiger partial charge in [0.25, 0.3) is 0 Å². The first-order chi connectivity index (χ1) is 1.73. The van der Waals surface area contributed by atoms with Crippen LogP contribution < -0.4 is 39.5 Å². The molecule has 0 bridgehead atoms. The quantitative estimate of drug-likeness (QED) is 0.383. The van der Waals surface area contributed by atoms with E-state index in [1.54, 1.807) is 0 Å². The monoisotopic (exact) mass is 175 g/mol. The molecule has 0 unspecified atom stereocenters. The average Bonchev–Trinajstić information content (AvgIpc) is 0.811. The van der Waals surface area contributed by atoms with Crippen molar-refractivity contribution in [2.45, 2.75) is 0 Å². The fraction of sp³-hybridized carbons (Fsp3) is 0. The van der Waals surface area contributed by atoms with Gasteiger partial charge in [-0.15, -0.1) is 0 Å². The van der Waals surface area contributed by atoms with Gasteiger partial charge < -0.3 is 44.3 Å². The van der Waals surface area contributed by atoms with Gasteiger partial charge in [0, 0.05) is 0 Å². The number of halogens is 1. The molecule has 0 saturated heterocycles. The minimum atomic E-state index is -2.33. The summed E-state index contributed by atoms with van der Waals surface area (Å²) in [5, 5.41) is 16.7. The molecule has 0 radical (unpaired) electrons. The summed E-state index contributed by atoms with van der Waals surface area (Å²) >= 11 is 0. The van der Waals surface area contributed by atoms with Crippen LogP contribution >= 0.6 is 0 Å². The smallest absolute Gasteiger partial charge is 0.0431 e. The van der Waals surface area contributed by atoms with Crippen LogP contribution in [0.5, 0.6) is 0 Å². The summed E-state index contributed by atoms with van der Waals surface area (Å²) in [4.78, 5) is 8.33. The lowest BCUT2D eigenvalue weighted by Crippen LogP contribution is -3.00. The van der Waals surface area contributed by atoms with E-state index in [0.717, 1.165) is 0 Å². The molecule has 0 aliphatic rings. The maximum atomic E-state index is 8.33. The predicted octanol–water partition coefficient (Wildman–Crippen LogP) is -4.69. The summed E-state index contributed by atoms with van der Waals surface area (Å²) in [7, 11) is 0. The highest BCUT2D eigenvalue weighted by Crippen LogP contribution is 1.21. The van der Waals surface area contributed by atoms with E-state index < -0.39 is 6.16 Å². The lowest BCUT2D eigenvalue weighted by Gasteiger charge is -1.96. The Bertz CT molecular complexity index is 35.9. The minimum Gasteiger partial charge on any atom is -1.00 e. The Morgan fingerprint density at radius 3 is 1.14 bits per heavy atom. The van der Waals surface area contributed by atoms with Crippen molar-refractivity contribution in [1.82, 2.24) is 12.3 Å². The third kappa shape index (κ3) is 701. The molecule has 0 amide bonds. The molecule has 7 heavy (non-hydrogen) atoms. The number of hydrogen-bond donors (Lipinski definition) is 2. The SMILES string of the molecule is O=C([O-])[O-].[Br-].[NH4+].[NH4+]. The zero-order valence-corrected chi connectivity index (χ0v) is 5.69. The van der Waals surface area contributed by atoms with Crippen molar-refractivity contribution in [3.63, 3.8) is 0 Å². The highest BCUT2D eigenvalue weighted by Gasteiger charge is 1.26. The molecule has 5 nitrogen and oxygen atoms in total. The molecule has 0 aliphatic heterocycles. The van der Waals surface area contributed by atoms with Crippen LogP contribution in [0.4, 0.5) is 4.79 Å². The molecular formula is CH8BrN2O3-. The van der Waals surface area contributed by atoms with Gasteiger partial charge in [0.05, 0.1) is 0 Å². The molecule has 8 N–H and O–H groups in total. The topological polar surface area (TPSA) is 136 Å². The molecule has 0 spiro atoms. The normalized spacial score (nSPS) is 3.43. The highest BCUT2D eigenvalue weighted by atomic mass is 79.9. The second kappa shape index (κ2) is 17.3. The number of carboxylic acid groups (broad SMARTS) is 2. The molecule has 0 aliphatic carbocycles. The van der Waals surface area contributed by atoms with E-state index in [0.29, 0.717) is 0 Å². The maximum absolute atomic E-state index is 8.33. The van der Waals surface area contributed by atoms with Crippen molar-refractivity contribution >= 4 is 6.16 Å². The Morgan fingerprint density at radius 1 is 1.14 bits per heavy atom. The van der Waals surface area contributed by atoms with E-state index >= 15 is 0 Å². The molecule has 0 rings (SSSR count). The Morgan fingerprint density at radius 2 is 1.14 bits per heavy atom. The largest absolute Gasteiger partial charge is 1.00 e. The first-order valence-electron chi connectivity index (χ1n) is 0.612. The van der Waals surface area contributed by atoms with E-state index in [1.165, 1.54) is 0 Å². The highest BCUT2D eigenvalue weighted by molar-refractivity contribution is 5.47. The van der Waals surface area contributed by atoms with Crippen LogP contribution in [0.3, 0.4) is 0 Å². The van der Waals surface area contributed by atoms with Crippen LogP contribution in [0, 0.1) is 0 Å². The maximum Gasteiger partial charge on any atom is -0.0431 e. The fourth-order valence-electron chi connectivity index (χ4n) is 0. The molecular weight excluding hydrogens is 168 g/mol.